The highest BCUT2D eigenvalue weighted by molar-refractivity contribution is 6.34. The highest BCUT2D eigenvalue weighted by Gasteiger charge is 2.19. The van der Waals surface area contributed by atoms with Crippen LogP contribution in [0.4, 0.5) is 0 Å². The molecule has 0 aliphatic carbocycles. The van der Waals surface area contributed by atoms with Crippen molar-refractivity contribution in [3.63, 3.8) is 0 Å². The Bertz CT molecular complexity index is 644. The van der Waals surface area contributed by atoms with Crippen molar-refractivity contribution >= 4 is 12.1 Å². The van der Waals surface area contributed by atoms with Gasteiger partial charge in [0.2, 0.25) is 5.78 Å². The molecule has 116 valence electrons. The van der Waals surface area contributed by atoms with Crippen LogP contribution in [-0.4, -0.2) is 30.4 Å². The van der Waals surface area contributed by atoms with E-state index in [9.17, 15) is 9.59 Å². The number of aryl methyl sites for hydroxylation is 1. The van der Waals surface area contributed by atoms with Gasteiger partial charge in [0.15, 0.2) is 6.29 Å². The van der Waals surface area contributed by atoms with Crippen molar-refractivity contribution in [3.05, 3.63) is 47.8 Å². The number of carbonyl (C=O) groups is 2. The molecule has 0 saturated carbocycles. The van der Waals surface area contributed by atoms with Crippen LogP contribution in [-0.2, 0) is 16.1 Å². The van der Waals surface area contributed by atoms with E-state index < -0.39 is 5.78 Å². The first kappa shape index (κ1) is 16.2. The fraction of sp³-hybridized carbons (Fsp3) is 0.333. The Morgan fingerprint density at radius 1 is 1.23 bits per heavy atom. The average Bonchev–Trinajstić information content (AvgIpc) is 2.88. The van der Waals surface area contributed by atoms with Gasteiger partial charge in [-0.1, -0.05) is 30.3 Å². The lowest BCUT2D eigenvalue weighted by Gasteiger charge is -2.10. The van der Waals surface area contributed by atoms with E-state index in [2.05, 4.69) is 0 Å². The number of rotatable bonds is 8. The number of ether oxygens (including phenoxy) is 1. The van der Waals surface area contributed by atoms with Crippen LogP contribution < -0.4 is 0 Å². The van der Waals surface area contributed by atoms with E-state index >= 15 is 0 Å². The molecule has 0 radical (unpaired) electrons. The maximum absolute atomic E-state index is 12.1. The molecular weight excluding hydrogens is 278 g/mol. The molecule has 2 rings (SSSR count). The summed E-state index contributed by atoms with van der Waals surface area (Å²) in [5, 5.41) is 0. The van der Waals surface area contributed by atoms with Crippen molar-refractivity contribution in [1.82, 2.24) is 4.57 Å². The summed E-state index contributed by atoms with van der Waals surface area (Å²) in [4.78, 5) is 23.2. The second-order valence-electron chi connectivity index (χ2n) is 5.25. The fourth-order valence-electron chi connectivity index (χ4n) is 2.64. The summed E-state index contributed by atoms with van der Waals surface area (Å²) in [5.74, 6) is -0.473. The zero-order valence-electron chi connectivity index (χ0n) is 13.0. The lowest BCUT2D eigenvalue weighted by molar-refractivity contribution is -0.104. The van der Waals surface area contributed by atoms with Gasteiger partial charge in [-0.2, -0.15) is 0 Å². The third-order valence-electron chi connectivity index (χ3n) is 3.71. The number of aldehydes is 1. The molecule has 1 aromatic heterocycles. The van der Waals surface area contributed by atoms with Crippen LogP contribution in [0.15, 0.2) is 36.4 Å². The predicted molar refractivity (Wildman–Crippen MR) is 86.1 cm³/mol. The molecule has 1 aromatic carbocycles. The quantitative estimate of drug-likeness (QED) is 0.325. The third-order valence-corrected chi connectivity index (χ3v) is 3.71. The van der Waals surface area contributed by atoms with Crippen LogP contribution >= 0.6 is 0 Å². The molecule has 0 fully saturated rings. The standard InChI is InChI=1S/C18H21NO3/c1-14-12-16(15-8-4-3-5-9-15)18(17(21)13-20)19(14)10-6-7-11-22-2/h3-5,8-9,12-13H,6-7,10-11H2,1-2H3. The molecule has 0 bridgehead atoms. The second-order valence-corrected chi connectivity index (χ2v) is 5.25. The Labute approximate surface area is 130 Å². The Kier molecular flexibility index (Phi) is 5.67. The van der Waals surface area contributed by atoms with Crippen LogP contribution in [0.1, 0.15) is 29.0 Å². The van der Waals surface area contributed by atoms with Crippen molar-refractivity contribution in [1.29, 1.82) is 0 Å². The lowest BCUT2D eigenvalue weighted by atomic mass is 10.0. The molecule has 4 nitrogen and oxygen atoms in total. The van der Waals surface area contributed by atoms with Gasteiger partial charge in [-0.05, 0) is 31.4 Å². The van der Waals surface area contributed by atoms with E-state index in [0.29, 0.717) is 25.1 Å². The van der Waals surface area contributed by atoms with Gasteiger partial charge in [0.25, 0.3) is 0 Å². The Balaban J connectivity index is 2.38. The maximum atomic E-state index is 12.1. The maximum Gasteiger partial charge on any atom is 0.242 e. The minimum atomic E-state index is -0.473. The van der Waals surface area contributed by atoms with Crippen molar-refractivity contribution in [2.75, 3.05) is 13.7 Å². The summed E-state index contributed by atoms with van der Waals surface area (Å²) in [5.41, 5.74) is 3.24. The normalized spacial score (nSPS) is 10.6. The number of carbonyl (C=O) groups excluding carboxylic acids is 2. The minimum Gasteiger partial charge on any atom is -0.385 e. The SMILES string of the molecule is COCCCCn1c(C)cc(-c2ccccc2)c1C(=O)C=O. The Morgan fingerprint density at radius 3 is 2.59 bits per heavy atom. The van der Waals surface area contributed by atoms with Gasteiger partial charge in [0.05, 0.1) is 0 Å². The Hall–Kier alpha value is -2.20. The monoisotopic (exact) mass is 299 g/mol. The van der Waals surface area contributed by atoms with Gasteiger partial charge < -0.3 is 9.30 Å². The van der Waals surface area contributed by atoms with Gasteiger partial charge in [0, 0.05) is 31.5 Å². The van der Waals surface area contributed by atoms with Gasteiger partial charge in [-0.3, -0.25) is 9.59 Å². The van der Waals surface area contributed by atoms with E-state index in [0.717, 1.165) is 29.7 Å². The molecule has 4 heteroatoms. The molecule has 0 aliphatic rings. The first-order valence-corrected chi connectivity index (χ1v) is 7.43. The van der Waals surface area contributed by atoms with E-state index in [-0.39, 0.29) is 0 Å². The highest BCUT2D eigenvalue weighted by Crippen LogP contribution is 2.28. The number of nitrogens with zero attached hydrogens (tertiary/aromatic N) is 1. The third kappa shape index (κ3) is 3.52. The topological polar surface area (TPSA) is 48.3 Å². The first-order valence-electron chi connectivity index (χ1n) is 7.43. The van der Waals surface area contributed by atoms with E-state index in [1.54, 1.807) is 7.11 Å². The molecule has 22 heavy (non-hydrogen) atoms. The van der Waals surface area contributed by atoms with Crippen LogP contribution in [0.25, 0.3) is 11.1 Å². The lowest BCUT2D eigenvalue weighted by Crippen LogP contribution is -2.13. The van der Waals surface area contributed by atoms with Crippen LogP contribution in [0.5, 0.6) is 0 Å². The smallest absolute Gasteiger partial charge is 0.242 e. The summed E-state index contributed by atoms with van der Waals surface area (Å²) in [6.07, 6.45) is 2.22. The number of hydrogen-bond donors (Lipinski definition) is 0. The van der Waals surface area contributed by atoms with Gasteiger partial charge in [0.1, 0.15) is 5.69 Å². The van der Waals surface area contributed by atoms with E-state index in [1.165, 1.54) is 0 Å². The van der Waals surface area contributed by atoms with Crippen LogP contribution in [0, 0.1) is 6.92 Å². The molecule has 0 spiro atoms. The number of Topliss-reactive ketones (excluding diaryl/α,β-unsaturated/α-hetero) is 1. The summed E-state index contributed by atoms with van der Waals surface area (Å²) in [7, 11) is 1.68. The average molecular weight is 299 g/mol. The molecule has 1 heterocycles. The number of benzene rings is 1. The molecule has 0 aliphatic heterocycles. The Morgan fingerprint density at radius 2 is 1.95 bits per heavy atom. The van der Waals surface area contributed by atoms with Crippen molar-refractivity contribution in [2.45, 2.75) is 26.3 Å². The molecule has 0 amide bonds. The molecule has 0 saturated heterocycles. The number of methoxy groups -OCH3 is 1. The second kappa shape index (κ2) is 7.71. The fourth-order valence-corrected chi connectivity index (χ4v) is 2.64. The van der Waals surface area contributed by atoms with Gasteiger partial charge in [-0.25, -0.2) is 0 Å². The van der Waals surface area contributed by atoms with E-state index in [4.69, 9.17) is 4.74 Å². The summed E-state index contributed by atoms with van der Waals surface area (Å²) < 4.78 is 6.99. The predicted octanol–water partition coefficient (Wildman–Crippen LogP) is 3.27. The summed E-state index contributed by atoms with van der Waals surface area (Å²) in [6.45, 7) is 3.37. The summed E-state index contributed by atoms with van der Waals surface area (Å²) in [6, 6.07) is 11.7. The number of hydrogen-bond acceptors (Lipinski definition) is 3. The van der Waals surface area contributed by atoms with Gasteiger partial charge in [-0.15, -0.1) is 0 Å². The van der Waals surface area contributed by atoms with Crippen LogP contribution in [0.3, 0.4) is 0 Å². The molecule has 0 atom stereocenters. The van der Waals surface area contributed by atoms with Crippen molar-refractivity contribution in [3.8, 4) is 11.1 Å². The number of aromatic nitrogens is 1. The number of unbranched alkanes of at least 4 members (excludes halogenated alkanes) is 1. The molecular formula is C18H21NO3. The van der Waals surface area contributed by atoms with Crippen molar-refractivity contribution < 1.29 is 14.3 Å². The molecule has 0 unspecified atom stereocenters. The number of ketones is 1. The van der Waals surface area contributed by atoms with Crippen molar-refractivity contribution in [2.24, 2.45) is 0 Å². The zero-order valence-corrected chi connectivity index (χ0v) is 13.0. The molecule has 2 aromatic rings. The largest absolute Gasteiger partial charge is 0.385 e. The van der Waals surface area contributed by atoms with E-state index in [1.807, 2.05) is 47.9 Å². The van der Waals surface area contributed by atoms with Gasteiger partial charge >= 0.3 is 0 Å². The highest BCUT2D eigenvalue weighted by atomic mass is 16.5. The van der Waals surface area contributed by atoms with Crippen LogP contribution in [0.2, 0.25) is 0 Å². The zero-order chi connectivity index (χ0) is 15.9. The minimum absolute atomic E-state index is 0.396. The first-order chi connectivity index (χ1) is 10.7. The molecule has 0 N–H and O–H groups in total. The summed E-state index contributed by atoms with van der Waals surface area (Å²) >= 11 is 0.